The van der Waals surface area contributed by atoms with Gasteiger partial charge in [0, 0.05) is 13.1 Å². The first-order valence-electron chi connectivity index (χ1n) is 8.14. The fraction of sp³-hybridized carbons (Fsp3) is 0.625. The zero-order chi connectivity index (χ0) is 16.6. The minimum Gasteiger partial charge on any atom is -0.352 e. The van der Waals surface area contributed by atoms with Gasteiger partial charge in [-0.05, 0) is 18.3 Å². The summed E-state index contributed by atoms with van der Waals surface area (Å²) in [4.78, 5) is 28.9. The summed E-state index contributed by atoms with van der Waals surface area (Å²) in [5, 5.41) is 7.54. The van der Waals surface area contributed by atoms with Gasteiger partial charge in [0.2, 0.25) is 5.91 Å². The van der Waals surface area contributed by atoms with E-state index >= 15 is 0 Å². The second kappa shape index (κ2) is 6.14. The molecule has 7 heteroatoms. The molecule has 0 aliphatic heterocycles. The van der Waals surface area contributed by atoms with E-state index in [4.69, 9.17) is 0 Å². The fourth-order valence-electron chi connectivity index (χ4n) is 3.37. The van der Waals surface area contributed by atoms with Crippen molar-refractivity contribution in [2.24, 2.45) is 18.9 Å². The highest BCUT2D eigenvalue weighted by Crippen LogP contribution is 2.29. The Bertz CT molecular complexity index is 778. The first-order chi connectivity index (χ1) is 11.0. The van der Waals surface area contributed by atoms with E-state index in [-0.39, 0.29) is 24.1 Å². The summed E-state index contributed by atoms with van der Waals surface area (Å²) in [6.45, 7) is 4.41. The van der Waals surface area contributed by atoms with Crippen molar-refractivity contribution in [3.63, 3.8) is 0 Å². The zero-order valence-electron chi connectivity index (χ0n) is 13.8. The maximum Gasteiger partial charge on any atom is 0.264 e. The van der Waals surface area contributed by atoms with Gasteiger partial charge in [0.1, 0.15) is 18.3 Å². The van der Waals surface area contributed by atoms with Crippen molar-refractivity contribution in [1.82, 2.24) is 24.6 Å². The fourth-order valence-corrected chi connectivity index (χ4v) is 3.37. The van der Waals surface area contributed by atoms with Crippen LogP contribution < -0.4 is 10.9 Å². The Balaban J connectivity index is 1.73. The molecule has 1 aliphatic rings. The number of amides is 1. The van der Waals surface area contributed by atoms with E-state index in [0.717, 1.165) is 12.8 Å². The van der Waals surface area contributed by atoms with Gasteiger partial charge >= 0.3 is 0 Å². The van der Waals surface area contributed by atoms with Crippen LogP contribution in [0.2, 0.25) is 0 Å². The Morgan fingerprint density at radius 2 is 2.17 bits per heavy atom. The lowest BCUT2D eigenvalue weighted by atomic mass is 9.78. The molecule has 1 N–H and O–H groups in total. The maximum absolute atomic E-state index is 12.4. The maximum atomic E-state index is 12.4. The third-order valence-electron chi connectivity index (χ3n) is 5.09. The number of aryl methyl sites for hydroxylation is 1. The second-order valence-corrected chi connectivity index (χ2v) is 6.62. The van der Waals surface area contributed by atoms with E-state index in [1.54, 1.807) is 11.7 Å². The van der Waals surface area contributed by atoms with Gasteiger partial charge < -0.3 is 5.32 Å². The van der Waals surface area contributed by atoms with Crippen molar-refractivity contribution in [3.05, 3.63) is 22.9 Å². The Kier molecular flexibility index (Phi) is 4.19. The molecule has 1 fully saturated rings. The minimum absolute atomic E-state index is 0.00569. The van der Waals surface area contributed by atoms with Gasteiger partial charge in [0.05, 0.1) is 6.20 Å². The van der Waals surface area contributed by atoms with E-state index in [2.05, 4.69) is 29.2 Å². The molecule has 124 valence electrons. The van der Waals surface area contributed by atoms with Gasteiger partial charge in [-0.2, -0.15) is 5.10 Å². The van der Waals surface area contributed by atoms with Gasteiger partial charge in [-0.1, -0.05) is 26.7 Å². The van der Waals surface area contributed by atoms with Crippen LogP contribution in [-0.2, 0) is 18.4 Å². The molecule has 0 aromatic carbocycles. The Labute approximate surface area is 134 Å². The highest BCUT2D eigenvalue weighted by atomic mass is 16.2. The van der Waals surface area contributed by atoms with Gasteiger partial charge in [-0.25, -0.2) is 4.98 Å². The van der Waals surface area contributed by atoms with E-state index in [1.807, 2.05) is 0 Å². The van der Waals surface area contributed by atoms with Crippen molar-refractivity contribution in [2.75, 3.05) is 0 Å². The van der Waals surface area contributed by atoms with Crippen LogP contribution in [0.5, 0.6) is 0 Å². The smallest absolute Gasteiger partial charge is 0.264 e. The molecule has 2 aromatic rings. The SMILES string of the molecule is C[C@H]1[C@H](C)CCC[C@@H]1NC(=O)Cn1cnc2c(cnn2C)c1=O. The number of nitrogens with one attached hydrogen (secondary N) is 1. The number of hydrogen-bond donors (Lipinski definition) is 1. The molecule has 0 saturated heterocycles. The second-order valence-electron chi connectivity index (χ2n) is 6.62. The molecule has 1 saturated carbocycles. The van der Waals surface area contributed by atoms with Crippen LogP contribution in [0, 0.1) is 11.8 Å². The molecule has 3 atom stereocenters. The molecule has 0 radical (unpaired) electrons. The summed E-state index contributed by atoms with van der Waals surface area (Å²) in [5.41, 5.74) is 0.296. The normalized spacial score (nSPS) is 24.7. The van der Waals surface area contributed by atoms with Crippen LogP contribution in [0.4, 0.5) is 0 Å². The number of carbonyl (C=O) groups excluding carboxylic acids is 1. The summed E-state index contributed by atoms with van der Waals surface area (Å²) >= 11 is 0. The minimum atomic E-state index is -0.233. The monoisotopic (exact) mass is 317 g/mol. The zero-order valence-corrected chi connectivity index (χ0v) is 13.8. The van der Waals surface area contributed by atoms with E-state index in [0.29, 0.717) is 22.9 Å². The van der Waals surface area contributed by atoms with Crippen LogP contribution in [-0.4, -0.2) is 31.3 Å². The Morgan fingerprint density at radius 1 is 1.39 bits per heavy atom. The van der Waals surface area contributed by atoms with E-state index in [1.165, 1.54) is 23.5 Å². The van der Waals surface area contributed by atoms with Crippen molar-refractivity contribution in [1.29, 1.82) is 0 Å². The van der Waals surface area contributed by atoms with Gasteiger partial charge in [-0.3, -0.25) is 18.8 Å². The number of carbonyl (C=O) groups is 1. The molecule has 0 spiro atoms. The van der Waals surface area contributed by atoms with E-state index < -0.39 is 0 Å². The van der Waals surface area contributed by atoms with Crippen molar-refractivity contribution >= 4 is 16.9 Å². The first kappa shape index (κ1) is 15.7. The van der Waals surface area contributed by atoms with Gasteiger partial charge in [0.15, 0.2) is 5.65 Å². The molecule has 2 aromatic heterocycles. The van der Waals surface area contributed by atoms with E-state index in [9.17, 15) is 9.59 Å². The average molecular weight is 317 g/mol. The molecular formula is C16H23N5O2. The average Bonchev–Trinajstić information content (AvgIpc) is 2.89. The highest BCUT2D eigenvalue weighted by molar-refractivity contribution is 5.77. The van der Waals surface area contributed by atoms with Crippen LogP contribution in [0.15, 0.2) is 17.3 Å². The first-order valence-corrected chi connectivity index (χ1v) is 8.14. The molecule has 2 heterocycles. The quantitative estimate of drug-likeness (QED) is 0.918. The lowest BCUT2D eigenvalue weighted by molar-refractivity contribution is -0.123. The topological polar surface area (TPSA) is 81.8 Å². The predicted octanol–water partition coefficient (Wildman–Crippen LogP) is 1.07. The standard InChI is InChI=1S/C16H23N5O2/c1-10-5-4-6-13(11(10)2)19-14(22)8-21-9-17-15-12(16(21)23)7-18-20(15)3/h7,9-11,13H,4-6,8H2,1-3H3,(H,19,22)/t10-,11+,13+/m1/s1. The highest BCUT2D eigenvalue weighted by Gasteiger charge is 2.28. The Hall–Kier alpha value is -2.18. The molecule has 7 nitrogen and oxygen atoms in total. The van der Waals surface area contributed by atoms with Crippen LogP contribution in [0.25, 0.3) is 11.0 Å². The molecule has 0 bridgehead atoms. The number of nitrogens with zero attached hydrogens (tertiary/aromatic N) is 4. The molecule has 1 aliphatic carbocycles. The van der Waals surface area contributed by atoms with Crippen molar-refractivity contribution < 1.29 is 4.79 Å². The van der Waals surface area contributed by atoms with Crippen LogP contribution >= 0.6 is 0 Å². The van der Waals surface area contributed by atoms with Crippen molar-refractivity contribution in [3.8, 4) is 0 Å². The van der Waals surface area contributed by atoms with Gasteiger partial charge in [0.25, 0.3) is 5.56 Å². The van der Waals surface area contributed by atoms with Gasteiger partial charge in [-0.15, -0.1) is 0 Å². The Morgan fingerprint density at radius 3 is 2.96 bits per heavy atom. The number of aromatic nitrogens is 4. The van der Waals surface area contributed by atoms with Crippen LogP contribution in [0.3, 0.4) is 0 Å². The third kappa shape index (κ3) is 3.00. The summed E-state index contributed by atoms with van der Waals surface area (Å²) < 4.78 is 2.89. The molecule has 1 amide bonds. The number of rotatable bonds is 3. The molecular weight excluding hydrogens is 294 g/mol. The third-order valence-corrected chi connectivity index (χ3v) is 5.09. The number of hydrogen-bond acceptors (Lipinski definition) is 4. The van der Waals surface area contributed by atoms with Crippen LogP contribution in [0.1, 0.15) is 33.1 Å². The molecule has 0 unspecified atom stereocenters. The lowest BCUT2D eigenvalue weighted by Gasteiger charge is -2.34. The lowest BCUT2D eigenvalue weighted by Crippen LogP contribution is -2.45. The molecule has 23 heavy (non-hydrogen) atoms. The number of fused-ring (bicyclic) bond motifs is 1. The largest absolute Gasteiger partial charge is 0.352 e. The summed E-state index contributed by atoms with van der Waals surface area (Å²) in [6.07, 6.45) is 6.27. The summed E-state index contributed by atoms with van der Waals surface area (Å²) in [7, 11) is 1.73. The molecule has 3 rings (SSSR count). The summed E-state index contributed by atoms with van der Waals surface area (Å²) in [5.74, 6) is 0.941. The predicted molar refractivity (Wildman–Crippen MR) is 86.9 cm³/mol. The van der Waals surface area contributed by atoms with Crippen molar-refractivity contribution in [2.45, 2.75) is 45.7 Å². The summed E-state index contributed by atoms with van der Waals surface area (Å²) in [6, 6.07) is 0.192.